The number of allylic oxidation sites excluding steroid dienone is 2. The molecule has 0 radical (unpaired) electrons. The van der Waals surface area contributed by atoms with Gasteiger partial charge in [0.2, 0.25) is 0 Å². The van der Waals surface area contributed by atoms with Gasteiger partial charge in [-0.25, -0.2) is 0 Å². The van der Waals surface area contributed by atoms with Crippen LogP contribution in [-0.4, -0.2) is 25.2 Å². The predicted octanol–water partition coefficient (Wildman–Crippen LogP) is 3.55. The molecule has 1 aliphatic heterocycles. The van der Waals surface area contributed by atoms with E-state index in [2.05, 4.69) is 0 Å². The third-order valence-corrected chi connectivity index (χ3v) is 4.92. The van der Waals surface area contributed by atoms with Gasteiger partial charge in [-0.05, 0) is 12.2 Å². The summed E-state index contributed by atoms with van der Waals surface area (Å²) in [5.74, 6) is -0.619. The van der Waals surface area contributed by atoms with E-state index >= 15 is 0 Å². The molecule has 1 rings (SSSR count). The second-order valence-corrected chi connectivity index (χ2v) is 7.34. The van der Waals surface area contributed by atoms with E-state index in [4.69, 9.17) is 9.47 Å². The van der Waals surface area contributed by atoms with Gasteiger partial charge in [-0.2, -0.15) is 0 Å². The second-order valence-electron chi connectivity index (χ2n) is 4.96. The number of carbonyl (C=O) groups is 2. The van der Waals surface area contributed by atoms with Crippen molar-refractivity contribution >= 4 is 33.5 Å². The first-order valence-electron chi connectivity index (χ1n) is 6.47. The van der Waals surface area contributed by atoms with E-state index < -0.39 is 0 Å². The smallest absolute Gasteiger partial charge is 0.308 e. The van der Waals surface area contributed by atoms with Crippen LogP contribution >= 0.6 is 21.6 Å². The Hall–Kier alpha value is -0.880. The average Bonchev–Trinajstić information content (AvgIpc) is 2.42. The Balaban J connectivity index is 2.38. The van der Waals surface area contributed by atoms with Crippen LogP contribution in [0.1, 0.15) is 27.7 Å². The molecule has 112 valence electrons. The molecule has 1 heterocycles. The van der Waals surface area contributed by atoms with Gasteiger partial charge >= 0.3 is 11.9 Å². The Morgan fingerprint density at radius 2 is 1.25 bits per heavy atom. The van der Waals surface area contributed by atoms with E-state index in [1.807, 2.05) is 12.2 Å². The number of rotatable bonds is 6. The summed E-state index contributed by atoms with van der Waals surface area (Å²) in [4.78, 5) is 24.7. The van der Waals surface area contributed by atoms with Crippen LogP contribution in [0.2, 0.25) is 0 Å². The van der Waals surface area contributed by atoms with Crippen molar-refractivity contribution in [2.75, 3.05) is 13.2 Å². The molecule has 0 bridgehead atoms. The van der Waals surface area contributed by atoms with Crippen LogP contribution in [0.5, 0.6) is 0 Å². The zero-order valence-corrected chi connectivity index (χ0v) is 13.8. The van der Waals surface area contributed by atoms with Crippen molar-refractivity contribution in [3.05, 3.63) is 22.0 Å². The van der Waals surface area contributed by atoms with Gasteiger partial charge in [0.15, 0.2) is 0 Å². The standard InChI is InChI=1S/C14H20O4S2/c1-9(2)13(15)17-7-11-5-6-12(20-19-11)8-18-14(16)10(3)4/h5-6,9-10H,7-8H2,1-4H3. The SMILES string of the molecule is CC(C)C(=O)OCC1=CC=C(COC(=O)C(C)C)SS1. The molecule has 0 saturated carbocycles. The summed E-state index contributed by atoms with van der Waals surface area (Å²) in [6.07, 6.45) is 3.79. The molecule has 0 aromatic carbocycles. The Morgan fingerprint density at radius 1 is 0.900 bits per heavy atom. The number of ether oxygens (including phenoxy) is 2. The van der Waals surface area contributed by atoms with E-state index in [0.29, 0.717) is 13.2 Å². The van der Waals surface area contributed by atoms with Crippen molar-refractivity contribution < 1.29 is 19.1 Å². The van der Waals surface area contributed by atoms with Crippen molar-refractivity contribution in [2.45, 2.75) is 27.7 Å². The molecule has 0 amide bonds. The Morgan fingerprint density at radius 3 is 1.50 bits per heavy atom. The largest absolute Gasteiger partial charge is 0.460 e. The molecule has 4 nitrogen and oxygen atoms in total. The molecule has 0 fully saturated rings. The Labute approximate surface area is 127 Å². The van der Waals surface area contributed by atoms with Crippen LogP contribution in [-0.2, 0) is 19.1 Å². The van der Waals surface area contributed by atoms with E-state index in [9.17, 15) is 9.59 Å². The summed E-state index contributed by atoms with van der Waals surface area (Å²) in [7, 11) is 3.05. The minimum absolute atomic E-state index is 0.113. The lowest BCUT2D eigenvalue weighted by Crippen LogP contribution is -2.14. The van der Waals surface area contributed by atoms with Crippen LogP contribution in [0.3, 0.4) is 0 Å². The fourth-order valence-corrected chi connectivity index (χ4v) is 3.05. The van der Waals surface area contributed by atoms with Gasteiger partial charge in [0.1, 0.15) is 13.2 Å². The first-order valence-corrected chi connectivity index (χ1v) is 8.62. The summed E-state index contributed by atoms with van der Waals surface area (Å²) in [5, 5.41) is 0. The van der Waals surface area contributed by atoms with Crippen molar-refractivity contribution in [3.63, 3.8) is 0 Å². The summed E-state index contributed by atoms with van der Waals surface area (Å²) in [6, 6.07) is 0. The molecular formula is C14H20O4S2. The van der Waals surface area contributed by atoms with E-state index in [-0.39, 0.29) is 23.8 Å². The van der Waals surface area contributed by atoms with Crippen LogP contribution in [0.4, 0.5) is 0 Å². The predicted molar refractivity (Wildman–Crippen MR) is 82.9 cm³/mol. The number of hydrogen-bond donors (Lipinski definition) is 0. The van der Waals surface area contributed by atoms with Gasteiger partial charge < -0.3 is 9.47 Å². The highest BCUT2D eigenvalue weighted by Crippen LogP contribution is 2.40. The topological polar surface area (TPSA) is 52.6 Å². The third-order valence-electron chi connectivity index (χ3n) is 2.37. The van der Waals surface area contributed by atoms with Gasteiger partial charge in [-0.3, -0.25) is 9.59 Å². The Kier molecular flexibility index (Phi) is 7.23. The maximum Gasteiger partial charge on any atom is 0.308 e. The van der Waals surface area contributed by atoms with Crippen molar-refractivity contribution in [2.24, 2.45) is 11.8 Å². The number of carbonyl (C=O) groups excluding carboxylic acids is 2. The number of hydrogen-bond acceptors (Lipinski definition) is 6. The molecule has 0 atom stereocenters. The summed E-state index contributed by atoms with van der Waals surface area (Å²) in [6.45, 7) is 7.82. The summed E-state index contributed by atoms with van der Waals surface area (Å²) in [5.41, 5.74) is 0. The van der Waals surface area contributed by atoms with Crippen LogP contribution < -0.4 is 0 Å². The maximum absolute atomic E-state index is 11.4. The van der Waals surface area contributed by atoms with E-state index in [1.54, 1.807) is 27.7 Å². The molecule has 1 aliphatic rings. The van der Waals surface area contributed by atoms with Crippen LogP contribution in [0, 0.1) is 11.8 Å². The Bertz CT molecular complexity index is 385. The zero-order valence-electron chi connectivity index (χ0n) is 12.2. The summed E-state index contributed by atoms with van der Waals surface area (Å²) < 4.78 is 10.3. The van der Waals surface area contributed by atoms with Gasteiger partial charge in [0.05, 0.1) is 11.8 Å². The normalized spacial score (nSPS) is 14.9. The first kappa shape index (κ1) is 17.2. The van der Waals surface area contributed by atoms with Crippen molar-refractivity contribution in [1.82, 2.24) is 0 Å². The molecule has 20 heavy (non-hydrogen) atoms. The third kappa shape index (κ3) is 6.05. The van der Waals surface area contributed by atoms with E-state index in [1.165, 1.54) is 21.6 Å². The maximum atomic E-state index is 11.4. The minimum Gasteiger partial charge on any atom is -0.460 e. The lowest BCUT2D eigenvalue weighted by atomic mass is 10.2. The monoisotopic (exact) mass is 316 g/mol. The molecule has 0 N–H and O–H groups in total. The fourth-order valence-electron chi connectivity index (χ4n) is 1.11. The number of esters is 2. The van der Waals surface area contributed by atoms with E-state index in [0.717, 1.165) is 9.81 Å². The zero-order chi connectivity index (χ0) is 15.1. The van der Waals surface area contributed by atoms with Crippen molar-refractivity contribution in [1.29, 1.82) is 0 Å². The van der Waals surface area contributed by atoms with Crippen molar-refractivity contribution in [3.8, 4) is 0 Å². The fraction of sp³-hybridized carbons (Fsp3) is 0.571. The van der Waals surface area contributed by atoms with Gasteiger partial charge in [0, 0.05) is 9.81 Å². The molecule has 0 aromatic heterocycles. The second kappa shape index (κ2) is 8.42. The highest BCUT2D eigenvalue weighted by molar-refractivity contribution is 8.79. The average molecular weight is 316 g/mol. The highest BCUT2D eigenvalue weighted by atomic mass is 33.1. The molecule has 0 aliphatic carbocycles. The minimum atomic E-state index is -0.197. The van der Waals surface area contributed by atoms with Gasteiger partial charge in [-0.15, -0.1) is 0 Å². The van der Waals surface area contributed by atoms with Gasteiger partial charge in [-0.1, -0.05) is 49.3 Å². The molecule has 0 unspecified atom stereocenters. The quantitative estimate of drug-likeness (QED) is 0.552. The molecule has 0 aromatic rings. The van der Waals surface area contributed by atoms with Gasteiger partial charge in [0.25, 0.3) is 0 Å². The molecule has 6 heteroatoms. The van der Waals surface area contributed by atoms with Crippen LogP contribution in [0.15, 0.2) is 22.0 Å². The molecule has 0 spiro atoms. The lowest BCUT2D eigenvalue weighted by molar-refractivity contribution is -0.147. The lowest BCUT2D eigenvalue weighted by Gasteiger charge is -2.15. The first-order chi connectivity index (χ1) is 9.40. The van der Waals surface area contributed by atoms with Crippen LogP contribution in [0.25, 0.3) is 0 Å². The molecule has 0 saturated heterocycles. The molecular weight excluding hydrogens is 296 g/mol. The summed E-state index contributed by atoms with van der Waals surface area (Å²) >= 11 is 0. The highest BCUT2D eigenvalue weighted by Gasteiger charge is 2.14.